The van der Waals surface area contributed by atoms with Gasteiger partial charge < -0.3 is 18.4 Å². The lowest BCUT2D eigenvalue weighted by Crippen LogP contribution is -2.37. The topological polar surface area (TPSA) is 38.7 Å². The average Bonchev–Trinajstić information content (AvgIpc) is 2.54. The summed E-state index contributed by atoms with van der Waals surface area (Å²) in [7, 11) is 4.57. The summed E-state index contributed by atoms with van der Waals surface area (Å²) in [6.07, 6.45) is 6.03. The SMILES string of the molecule is C[N+](C)(C)CCOP(O)OC1CC=CC1. The highest BCUT2D eigenvalue weighted by Gasteiger charge is 2.18. The standard InChI is InChI=1S/C10H21NO3P/c1-11(2,3)8-9-13-15(12)14-10-6-4-5-7-10/h4-5,10,12H,6-9H2,1-3H3/q+1. The summed E-state index contributed by atoms with van der Waals surface area (Å²) in [4.78, 5) is 9.49. The van der Waals surface area contributed by atoms with Crippen molar-refractivity contribution in [3.05, 3.63) is 12.2 Å². The summed E-state index contributed by atoms with van der Waals surface area (Å²) in [5.41, 5.74) is 0. The van der Waals surface area contributed by atoms with Crippen LogP contribution in [0.3, 0.4) is 0 Å². The molecular formula is C10H21NO3P+. The average molecular weight is 234 g/mol. The van der Waals surface area contributed by atoms with Crippen LogP contribution in [0.25, 0.3) is 0 Å². The maximum Gasteiger partial charge on any atom is 0.330 e. The molecule has 0 fully saturated rings. The molecule has 0 saturated heterocycles. The van der Waals surface area contributed by atoms with Gasteiger partial charge in [0.25, 0.3) is 0 Å². The number of likely N-dealkylation sites (N-methyl/N-ethyl adjacent to an activating group) is 1. The molecule has 1 N–H and O–H groups in total. The Bertz CT molecular complexity index is 207. The van der Waals surface area contributed by atoms with Gasteiger partial charge in [0, 0.05) is 0 Å². The number of hydrogen-bond donors (Lipinski definition) is 1. The first kappa shape index (κ1) is 13.1. The normalized spacial score (nSPS) is 19.7. The van der Waals surface area contributed by atoms with Crippen LogP contribution in [0.1, 0.15) is 12.8 Å². The molecule has 1 aliphatic rings. The van der Waals surface area contributed by atoms with E-state index in [9.17, 15) is 4.89 Å². The molecule has 0 saturated carbocycles. The molecule has 0 aromatic carbocycles. The predicted octanol–water partition coefficient (Wildman–Crippen LogP) is 1.66. The van der Waals surface area contributed by atoms with Gasteiger partial charge in [-0.2, -0.15) is 0 Å². The Morgan fingerprint density at radius 1 is 1.33 bits per heavy atom. The number of nitrogens with zero attached hydrogens (tertiary/aromatic N) is 1. The molecule has 0 heterocycles. The van der Waals surface area contributed by atoms with Crippen LogP contribution in [0.15, 0.2) is 12.2 Å². The van der Waals surface area contributed by atoms with Gasteiger partial charge in [0.1, 0.15) is 13.2 Å². The second-order valence-corrected chi connectivity index (χ2v) is 5.70. The van der Waals surface area contributed by atoms with Crippen molar-refractivity contribution in [3.63, 3.8) is 0 Å². The Balaban J connectivity index is 2.05. The number of rotatable bonds is 6. The first-order valence-electron chi connectivity index (χ1n) is 5.21. The van der Waals surface area contributed by atoms with Gasteiger partial charge in [0.15, 0.2) is 0 Å². The lowest BCUT2D eigenvalue weighted by atomic mass is 10.3. The molecule has 0 amide bonds. The molecule has 1 aliphatic carbocycles. The molecule has 0 aliphatic heterocycles. The Morgan fingerprint density at radius 3 is 2.47 bits per heavy atom. The van der Waals surface area contributed by atoms with E-state index in [0.29, 0.717) is 6.61 Å². The fourth-order valence-corrected chi connectivity index (χ4v) is 1.95. The summed E-state index contributed by atoms with van der Waals surface area (Å²) in [5, 5.41) is 0. The van der Waals surface area contributed by atoms with Crippen molar-refractivity contribution in [1.82, 2.24) is 0 Å². The third-order valence-electron chi connectivity index (χ3n) is 2.17. The van der Waals surface area contributed by atoms with E-state index in [4.69, 9.17) is 9.05 Å². The van der Waals surface area contributed by atoms with Crippen LogP contribution in [-0.2, 0) is 9.05 Å². The van der Waals surface area contributed by atoms with Gasteiger partial charge >= 0.3 is 8.60 Å². The van der Waals surface area contributed by atoms with Crippen LogP contribution in [0.4, 0.5) is 0 Å². The number of quaternary nitrogens is 1. The third-order valence-corrected chi connectivity index (χ3v) is 3.05. The predicted molar refractivity (Wildman–Crippen MR) is 61.2 cm³/mol. The van der Waals surface area contributed by atoms with Gasteiger partial charge in [0.2, 0.25) is 0 Å². The Kier molecular flexibility index (Phi) is 5.16. The lowest BCUT2D eigenvalue weighted by Gasteiger charge is -2.24. The van der Waals surface area contributed by atoms with E-state index in [-0.39, 0.29) is 6.10 Å². The molecule has 0 aromatic heterocycles. The first-order chi connectivity index (χ1) is 6.97. The Morgan fingerprint density at radius 2 is 1.93 bits per heavy atom. The summed E-state index contributed by atoms with van der Waals surface area (Å²) >= 11 is 0. The quantitative estimate of drug-likeness (QED) is 0.431. The zero-order valence-electron chi connectivity index (χ0n) is 9.72. The Hall–Kier alpha value is 0.0100. The first-order valence-corrected chi connectivity index (χ1v) is 6.34. The highest BCUT2D eigenvalue weighted by atomic mass is 31.2. The van der Waals surface area contributed by atoms with E-state index in [1.54, 1.807) is 0 Å². The molecule has 4 nitrogen and oxygen atoms in total. The highest BCUT2D eigenvalue weighted by Crippen LogP contribution is 2.37. The smallest absolute Gasteiger partial charge is 0.329 e. The molecule has 0 bridgehead atoms. The van der Waals surface area contributed by atoms with Gasteiger partial charge in [0.05, 0.1) is 27.2 Å². The van der Waals surface area contributed by atoms with Gasteiger partial charge in [-0.25, -0.2) is 0 Å². The van der Waals surface area contributed by atoms with Gasteiger partial charge in [-0.05, 0) is 12.8 Å². The van der Waals surface area contributed by atoms with Crippen molar-refractivity contribution in [2.24, 2.45) is 0 Å². The highest BCUT2D eigenvalue weighted by molar-refractivity contribution is 7.40. The molecule has 0 spiro atoms. The van der Waals surface area contributed by atoms with E-state index >= 15 is 0 Å². The molecule has 1 unspecified atom stereocenters. The fourth-order valence-electron chi connectivity index (χ4n) is 1.23. The second kappa shape index (κ2) is 5.92. The van der Waals surface area contributed by atoms with Crippen LogP contribution < -0.4 is 0 Å². The van der Waals surface area contributed by atoms with Crippen molar-refractivity contribution in [3.8, 4) is 0 Å². The summed E-state index contributed by atoms with van der Waals surface area (Å²) in [6, 6.07) is 0. The van der Waals surface area contributed by atoms with Gasteiger partial charge in [-0.3, -0.25) is 0 Å². The molecule has 0 radical (unpaired) electrons. The molecule has 1 rings (SSSR count). The summed E-state index contributed by atoms with van der Waals surface area (Å²) < 4.78 is 11.4. The molecule has 1 atom stereocenters. The largest absolute Gasteiger partial charge is 0.330 e. The van der Waals surface area contributed by atoms with Gasteiger partial charge in [-0.15, -0.1) is 0 Å². The van der Waals surface area contributed by atoms with Crippen molar-refractivity contribution in [1.29, 1.82) is 0 Å². The van der Waals surface area contributed by atoms with Crippen LogP contribution in [0.2, 0.25) is 0 Å². The molecule has 15 heavy (non-hydrogen) atoms. The molecule has 0 aromatic rings. The van der Waals surface area contributed by atoms with Crippen molar-refractivity contribution >= 4 is 8.60 Å². The van der Waals surface area contributed by atoms with Crippen LogP contribution in [0.5, 0.6) is 0 Å². The second-order valence-electron chi connectivity index (χ2n) is 4.76. The van der Waals surface area contributed by atoms with Crippen LogP contribution in [0, 0.1) is 0 Å². The van der Waals surface area contributed by atoms with Crippen molar-refractivity contribution < 1.29 is 18.4 Å². The van der Waals surface area contributed by atoms with E-state index in [1.807, 2.05) is 0 Å². The summed E-state index contributed by atoms with van der Waals surface area (Å²) in [6.45, 7) is 1.40. The van der Waals surface area contributed by atoms with Crippen LogP contribution in [-0.4, -0.2) is 49.8 Å². The van der Waals surface area contributed by atoms with E-state index in [2.05, 4.69) is 33.3 Å². The maximum atomic E-state index is 9.49. The Labute approximate surface area is 93.1 Å². The van der Waals surface area contributed by atoms with Crippen molar-refractivity contribution in [2.45, 2.75) is 18.9 Å². The molecular weight excluding hydrogens is 213 g/mol. The zero-order chi connectivity index (χ0) is 11.3. The van der Waals surface area contributed by atoms with Gasteiger partial charge in [-0.1, -0.05) is 12.2 Å². The van der Waals surface area contributed by atoms with E-state index in [0.717, 1.165) is 23.9 Å². The minimum atomic E-state index is -1.69. The van der Waals surface area contributed by atoms with E-state index < -0.39 is 8.60 Å². The van der Waals surface area contributed by atoms with Crippen molar-refractivity contribution in [2.75, 3.05) is 34.3 Å². The van der Waals surface area contributed by atoms with Crippen LogP contribution >= 0.6 is 8.60 Å². The third kappa shape index (κ3) is 6.23. The lowest BCUT2D eigenvalue weighted by molar-refractivity contribution is -0.870. The number of hydrogen-bond acceptors (Lipinski definition) is 3. The zero-order valence-corrected chi connectivity index (χ0v) is 10.6. The fraction of sp³-hybridized carbons (Fsp3) is 0.800. The summed E-state index contributed by atoms with van der Waals surface area (Å²) in [5.74, 6) is 0. The monoisotopic (exact) mass is 234 g/mol. The molecule has 88 valence electrons. The molecule has 5 heteroatoms. The maximum absolute atomic E-state index is 9.49. The minimum absolute atomic E-state index is 0.116. The minimum Gasteiger partial charge on any atom is -0.329 e. The van der Waals surface area contributed by atoms with E-state index in [1.165, 1.54) is 0 Å².